The SMILES string of the molecule is CC(C)(C)c1cc(Cc2c(CO)c(Cc3cc(C(C)(C)C)c(O)c(C(C)(C)C)c3)c(CO)c(Cc3cc(C(C)(C)C)c(O)c(C(C)(C)C)c3)c2CO)cc(C(C)(C)C)c1O. The van der Waals surface area contributed by atoms with Gasteiger partial charge < -0.3 is 30.6 Å². The minimum atomic E-state index is -0.362. The number of hydrogen-bond donors (Lipinski definition) is 6. The summed E-state index contributed by atoms with van der Waals surface area (Å²) in [5.41, 5.74) is 10.0. The van der Waals surface area contributed by atoms with Crippen LogP contribution >= 0.6 is 0 Å². The highest BCUT2D eigenvalue weighted by Crippen LogP contribution is 2.45. The Morgan fingerprint density at radius 2 is 0.433 bits per heavy atom. The summed E-state index contributed by atoms with van der Waals surface area (Å²) in [6, 6.07) is 12.3. The van der Waals surface area contributed by atoms with Gasteiger partial charge in [0.05, 0.1) is 19.8 Å². The molecule has 60 heavy (non-hydrogen) atoms. The molecule has 0 spiro atoms. The molecule has 0 aliphatic carbocycles. The topological polar surface area (TPSA) is 121 Å². The molecule has 0 saturated carbocycles. The van der Waals surface area contributed by atoms with E-state index < -0.39 is 0 Å². The van der Waals surface area contributed by atoms with Crippen molar-refractivity contribution in [3.8, 4) is 17.2 Å². The molecule has 0 aromatic heterocycles. The van der Waals surface area contributed by atoms with Crippen molar-refractivity contribution < 1.29 is 30.6 Å². The van der Waals surface area contributed by atoms with Crippen molar-refractivity contribution >= 4 is 0 Å². The van der Waals surface area contributed by atoms with Crippen LogP contribution in [0.15, 0.2) is 36.4 Å². The van der Waals surface area contributed by atoms with Gasteiger partial charge in [-0.1, -0.05) is 161 Å². The fourth-order valence-corrected chi connectivity index (χ4v) is 8.74. The Kier molecular flexibility index (Phi) is 13.7. The largest absolute Gasteiger partial charge is 0.507 e. The number of aliphatic hydroxyl groups is 3. The molecule has 0 amide bonds. The van der Waals surface area contributed by atoms with E-state index >= 15 is 0 Å². The molecule has 0 atom stereocenters. The van der Waals surface area contributed by atoms with Crippen LogP contribution in [-0.2, 0) is 71.6 Å². The van der Waals surface area contributed by atoms with E-state index in [0.717, 1.165) is 66.8 Å². The first-order valence-corrected chi connectivity index (χ1v) is 21.8. The molecule has 330 valence electrons. The van der Waals surface area contributed by atoms with Crippen LogP contribution in [0, 0.1) is 0 Å². The molecule has 0 saturated heterocycles. The number of hydrogen-bond acceptors (Lipinski definition) is 6. The average molecular weight is 823 g/mol. The van der Waals surface area contributed by atoms with E-state index in [1.165, 1.54) is 0 Å². The van der Waals surface area contributed by atoms with Crippen LogP contribution in [0.5, 0.6) is 17.2 Å². The normalized spacial score (nSPS) is 13.3. The van der Waals surface area contributed by atoms with E-state index in [9.17, 15) is 30.6 Å². The molecule has 6 nitrogen and oxygen atoms in total. The Balaban J connectivity index is 2.21. The molecule has 4 aromatic rings. The summed E-state index contributed by atoms with van der Waals surface area (Å²) in [6.45, 7) is 36.7. The maximum Gasteiger partial charge on any atom is 0.123 e. The third kappa shape index (κ3) is 10.3. The second kappa shape index (κ2) is 16.8. The third-order valence-corrected chi connectivity index (χ3v) is 12.2. The van der Waals surface area contributed by atoms with E-state index in [2.05, 4.69) is 161 Å². The highest BCUT2D eigenvalue weighted by Gasteiger charge is 2.32. The van der Waals surface area contributed by atoms with Gasteiger partial charge in [-0.3, -0.25) is 0 Å². The second-order valence-corrected chi connectivity index (χ2v) is 23.5. The van der Waals surface area contributed by atoms with E-state index in [-0.39, 0.29) is 69.6 Å². The van der Waals surface area contributed by atoms with Crippen LogP contribution in [-0.4, -0.2) is 30.6 Å². The van der Waals surface area contributed by atoms with E-state index in [1.54, 1.807) is 0 Å². The van der Waals surface area contributed by atoms with E-state index in [1.807, 2.05) is 0 Å². The van der Waals surface area contributed by atoms with Crippen LogP contribution in [0.4, 0.5) is 0 Å². The van der Waals surface area contributed by atoms with Crippen molar-refractivity contribution in [1.82, 2.24) is 0 Å². The Morgan fingerprint density at radius 3 is 0.550 bits per heavy atom. The fraction of sp³-hybridized carbons (Fsp3) is 0.556. The molecule has 0 aliphatic heterocycles. The first-order valence-electron chi connectivity index (χ1n) is 21.8. The Bertz CT molecular complexity index is 1840. The monoisotopic (exact) mass is 823 g/mol. The Hall–Kier alpha value is -3.84. The smallest absolute Gasteiger partial charge is 0.123 e. The van der Waals surface area contributed by atoms with Crippen molar-refractivity contribution in [1.29, 1.82) is 0 Å². The lowest BCUT2D eigenvalue weighted by Gasteiger charge is -2.31. The van der Waals surface area contributed by atoms with Gasteiger partial charge in [-0.2, -0.15) is 0 Å². The van der Waals surface area contributed by atoms with Crippen molar-refractivity contribution in [3.63, 3.8) is 0 Å². The van der Waals surface area contributed by atoms with Crippen LogP contribution in [0.3, 0.4) is 0 Å². The quantitative estimate of drug-likeness (QED) is 0.1000. The highest BCUT2D eigenvalue weighted by atomic mass is 16.3. The number of phenols is 3. The number of rotatable bonds is 9. The minimum Gasteiger partial charge on any atom is -0.507 e. The maximum atomic E-state index is 11.7. The van der Waals surface area contributed by atoms with Crippen molar-refractivity contribution in [2.75, 3.05) is 0 Å². The summed E-state index contributed by atoms with van der Waals surface area (Å²) in [5.74, 6) is 0.858. The fourth-order valence-electron chi connectivity index (χ4n) is 8.74. The zero-order valence-corrected chi connectivity index (χ0v) is 40.4. The standard InChI is InChI=1S/C54H78O6/c1-49(2,3)40-22-31(23-41(46(40)58)50(4,5)6)19-34-37(28-55)35(20-32-24-42(51(7,8)9)47(59)43(25-32)52(10,11)12)39(30-57)36(38(34)29-56)21-33-26-44(53(13,14)15)48(60)45(27-33)54(16,17)18/h22-27,55-60H,19-21,28-30H2,1-18H3. The zero-order chi connectivity index (χ0) is 45.9. The highest BCUT2D eigenvalue weighted by molar-refractivity contribution is 5.60. The van der Waals surface area contributed by atoms with Crippen molar-refractivity contribution in [3.05, 3.63) is 120 Å². The van der Waals surface area contributed by atoms with Crippen LogP contribution in [0.1, 0.15) is 208 Å². The van der Waals surface area contributed by atoms with Gasteiger partial charge in [-0.25, -0.2) is 0 Å². The van der Waals surface area contributed by atoms with E-state index in [0.29, 0.717) is 36.0 Å². The number of aromatic hydroxyl groups is 3. The minimum absolute atomic E-state index is 0.286. The number of aliphatic hydroxyl groups excluding tert-OH is 3. The summed E-state index contributed by atoms with van der Waals surface area (Å²) < 4.78 is 0. The molecule has 0 fully saturated rings. The summed E-state index contributed by atoms with van der Waals surface area (Å²) in [7, 11) is 0. The molecule has 4 rings (SSSR count). The molecule has 6 heteroatoms. The summed E-state index contributed by atoms with van der Waals surface area (Å²) in [5, 5.41) is 69.5. The Morgan fingerprint density at radius 1 is 0.283 bits per heavy atom. The van der Waals surface area contributed by atoms with Crippen molar-refractivity contribution in [2.45, 2.75) is 196 Å². The lowest BCUT2D eigenvalue weighted by Crippen LogP contribution is -2.20. The van der Waals surface area contributed by atoms with Gasteiger partial charge in [-0.05, 0) is 135 Å². The summed E-state index contributed by atoms with van der Waals surface area (Å²) >= 11 is 0. The average Bonchev–Trinajstić information content (AvgIpc) is 3.07. The number of benzene rings is 4. The lowest BCUT2D eigenvalue weighted by atomic mass is 9.75. The molecular formula is C54H78O6. The Labute approximate surface area is 362 Å². The predicted molar refractivity (Wildman–Crippen MR) is 249 cm³/mol. The third-order valence-electron chi connectivity index (χ3n) is 12.2. The van der Waals surface area contributed by atoms with Crippen LogP contribution < -0.4 is 0 Å². The van der Waals surface area contributed by atoms with Gasteiger partial charge in [-0.15, -0.1) is 0 Å². The van der Waals surface area contributed by atoms with Gasteiger partial charge in [0, 0.05) is 0 Å². The molecule has 0 aliphatic rings. The molecular weight excluding hydrogens is 745 g/mol. The maximum absolute atomic E-state index is 11.7. The van der Waals surface area contributed by atoms with Crippen LogP contribution in [0.25, 0.3) is 0 Å². The van der Waals surface area contributed by atoms with Crippen LogP contribution in [0.2, 0.25) is 0 Å². The van der Waals surface area contributed by atoms with Gasteiger partial charge in [0.25, 0.3) is 0 Å². The molecule has 6 N–H and O–H groups in total. The molecule has 0 unspecified atom stereocenters. The van der Waals surface area contributed by atoms with Gasteiger partial charge in [0.15, 0.2) is 0 Å². The zero-order valence-electron chi connectivity index (χ0n) is 40.4. The van der Waals surface area contributed by atoms with Gasteiger partial charge >= 0.3 is 0 Å². The van der Waals surface area contributed by atoms with Gasteiger partial charge in [0.1, 0.15) is 17.2 Å². The second-order valence-electron chi connectivity index (χ2n) is 23.5. The van der Waals surface area contributed by atoms with E-state index in [4.69, 9.17) is 0 Å². The molecule has 0 radical (unpaired) electrons. The molecule has 0 bridgehead atoms. The lowest BCUT2D eigenvalue weighted by molar-refractivity contribution is 0.264. The summed E-state index contributed by atoms with van der Waals surface area (Å²) in [6.07, 6.45) is 1.11. The molecule has 4 aromatic carbocycles. The molecule has 0 heterocycles. The van der Waals surface area contributed by atoms with Gasteiger partial charge in [0.2, 0.25) is 0 Å². The predicted octanol–water partition coefficient (Wildman–Crippen LogP) is 11.8. The summed E-state index contributed by atoms with van der Waals surface area (Å²) in [4.78, 5) is 0. The first-order chi connectivity index (χ1) is 27.2. The number of phenolic OH excluding ortho intramolecular Hbond substituents is 3. The first kappa shape index (κ1) is 48.8. The van der Waals surface area contributed by atoms with Crippen molar-refractivity contribution in [2.24, 2.45) is 0 Å².